The number of benzene rings is 2. The van der Waals surface area contributed by atoms with Crippen molar-refractivity contribution in [2.45, 2.75) is 6.92 Å². The molecule has 0 saturated heterocycles. The van der Waals surface area contributed by atoms with Gasteiger partial charge in [-0.2, -0.15) is 0 Å². The summed E-state index contributed by atoms with van der Waals surface area (Å²) in [7, 11) is 0. The molecule has 2 aromatic carbocycles. The quantitative estimate of drug-likeness (QED) is 0.676. The van der Waals surface area contributed by atoms with Crippen LogP contribution in [0.5, 0.6) is 0 Å². The van der Waals surface area contributed by atoms with Crippen molar-refractivity contribution in [1.82, 2.24) is 0 Å². The van der Waals surface area contributed by atoms with Crippen molar-refractivity contribution in [3.05, 3.63) is 67.6 Å². The van der Waals surface area contributed by atoms with Gasteiger partial charge in [0, 0.05) is 10.0 Å². The molecule has 0 aliphatic rings. The van der Waals surface area contributed by atoms with Crippen LogP contribution in [0.1, 0.15) is 21.5 Å². The van der Waals surface area contributed by atoms with Gasteiger partial charge in [0.05, 0.1) is 15.6 Å². The second kappa shape index (κ2) is 5.43. The van der Waals surface area contributed by atoms with Gasteiger partial charge in [-0.25, -0.2) is 0 Å². The van der Waals surface area contributed by atoms with Crippen molar-refractivity contribution < 1.29 is 4.79 Å². The fourth-order valence-corrected chi connectivity index (χ4v) is 2.69. The molecule has 0 aromatic heterocycles. The Morgan fingerprint density at radius 2 is 1.56 bits per heavy atom. The Labute approximate surface area is 124 Å². The minimum atomic E-state index is -0.169. The lowest BCUT2D eigenvalue weighted by atomic mass is 10.0. The van der Waals surface area contributed by atoms with Gasteiger partial charge in [-0.1, -0.05) is 39.1 Å². The Morgan fingerprint density at radius 3 is 2.06 bits per heavy atom. The molecule has 0 spiro atoms. The van der Waals surface area contributed by atoms with Crippen LogP contribution in [0.3, 0.4) is 0 Å². The summed E-state index contributed by atoms with van der Waals surface area (Å²) >= 11 is 15.5. The van der Waals surface area contributed by atoms with Crippen LogP contribution in [-0.4, -0.2) is 5.78 Å². The molecule has 2 rings (SSSR count). The van der Waals surface area contributed by atoms with E-state index in [1.165, 1.54) is 0 Å². The molecule has 0 aliphatic heterocycles. The van der Waals surface area contributed by atoms with Crippen LogP contribution in [0.25, 0.3) is 0 Å². The first-order valence-corrected chi connectivity index (χ1v) is 6.80. The summed E-state index contributed by atoms with van der Waals surface area (Å²) in [4.78, 5) is 12.3. The highest BCUT2D eigenvalue weighted by Gasteiger charge is 2.17. The molecule has 92 valence electrons. The summed E-state index contributed by atoms with van der Waals surface area (Å²) in [6.07, 6.45) is 0. The molecular weight excluding hydrogens is 335 g/mol. The molecule has 0 atom stereocenters. The summed E-state index contributed by atoms with van der Waals surface area (Å²) in [6, 6.07) is 10.6. The van der Waals surface area contributed by atoms with Gasteiger partial charge in [0.2, 0.25) is 0 Å². The number of hydrogen-bond acceptors (Lipinski definition) is 1. The third-order valence-corrected chi connectivity index (χ3v) is 3.64. The van der Waals surface area contributed by atoms with E-state index < -0.39 is 0 Å². The average Bonchev–Trinajstić information content (AvgIpc) is 2.28. The Balaban J connectivity index is 2.49. The lowest BCUT2D eigenvalue weighted by Crippen LogP contribution is -2.03. The molecule has 2 aromatic rings. The van der Waals surface area contributed by atoms with Crippen LogP contribution in [0.15, 0.2) is 40.9 Å². The summed E-state index contributed by atoms with van der Waals surface area (Å²) in [5.74, 6) is -0.169. The van der Waals surface area contributed by atoms with Crippen molar-refractivity contribution in [2.24, 2.45) is 0 Å². The van der Waals surface area contributed by atoms with Crippen LogP contribution in [0.4, 0.5) is 0 Å². The molecule has 0 heterocycles. The van der Waals surface area contributed by atoms with Crippen molar-refractivity contribution >= 4 is 44.9 Å². The van der Waals surface area contributed by atoms with Gasteiger partial charge in [-0.15, -0.1) is 0 Å². The maximum absolute atomic E-state index is 12.3. The van der Waals surface area contributed by atoms with Gasteiger partial charge in [0.15, 0.2) is 5.78 Å². The first-order chi connectivity index (χ1) is 8.49. The van der Waals surface area contributed by atoms with Gasteiger partial charge in [-0.3, -0.25) is 4.79 Å². The van der Waals surface area contributed by atoms with E-state index in [1.54, 1.807) is 24.3 Å². The van der Waals surface area contributed by atoms with Crippen molar-refractivity contribution in [3.8, 4) is 0 Å². The van der Waals surface area contributed by atoms with Gasteiger partial charge < -0.3 is 0 Å². The zero-order valence-corrected chi connectivity index (χ0v) is 12.6. The van der Waals surface area contributed by atoms with Gasteiger partial charge >= 0.3 is 0 Å². The van der Waals surface area contributed by atoms with E-state index in [9.17, 15) is 4.79 Å². The molecule has 0 aliphatic carbocycles. The predicted octanol–water partition coefficient (Wildman–Crippen LogP) is 5.30. The summed E-state index contributed by atoms with van der Waals surface area (Å²) < 4.78 is 0.917. The number of carbonyl (C=O) groups is 1. The van der Waals surface area contributed by atoms with E-state index in [2.05, 4.69) is 15.9 Å². The SMILES string of the molecule is Cc1cc(Cl)c(C(=O)c2ccc(Br)cc2)c(Cl)c1. The molecular formula is C14H9BrCl2O. The number of carbonyl (C=O) groups excluding carboxylic acids is 1. The van der Waals surface area contributed by atoms with E-state index in [4.69, 9.17) is 23.2 Å². The van der Waals surface area contributed by atoms with Crippen molar-refractivity contribution in [2.75, 3.05) is 0 Å². The zero-order valence-electron chi connectivity index (χ0n) is 9.51. The van der Waals surface area contributed by atoms with E-state index in [0.717, 1.165) is 10.0 Å². The smallest absolute Gasteiger partial charge is 0.196 e. The first kappa shape index (κ1) is 13.6. The fraction of sp³-hybridized carbons (Fsp3) is 0.0714. The summed E-state index contributed by atoms with van der Waals surface area (Å²) in [6.45, 7) is 1.88. The highest BCUT2D eigenvalue weighted by Crippen LogP contribution is 2.29. The zero-order chi connectivity index (χ0) is 13.3. The lowest BCUT2D eigenvalue weighted by Gasteiger charge is -2.07. The third kappa shape index (κ3) is 2.77. The van der Waals surface area contributed by atoms with Crippen LogP contribution >= 0.6 is 39.1 Å². The van der Waals surface area contributed by atoms with Crippen LogP contribution in [0, 0.1) is 6.92 Å². The molecule has 1 nitrogen and oxygen atoms in total. The number of ketones is 1. The molecule has 18 heavy (non-hydrogen) atoms. The fourth-order valence-electron chi connectivity index (χ4n) is 1.66. The Hall–Kier alpha value is -0.830. The Kier molecular flexibility index (Phi) is 4.10. The number of rotatable bonds is 2. The number of hydrogen-bond donors (Lipinski definition) is 0. The molecule has 4 heteroatoms. The molecule has 0 bridgehead atoms. The molecule has 0 saturated carbocycles. The van der Waals surface area contributed by atoms with E-state index in [1.807, 2.05) is 19.1 Å². The second-order valence-electron chi connectivity index (χ2n) is 3.94. The minimum Gasteiger partial charge on any atom is -0.288 e. The highest BCUT2D eigenvalue weighted by molar-refractivity contribution is 9.10. The Bertz CT molecular complexity index is 583. The molecule has 0 radical (unpaired) electrons. The number of halogens is 3. The molecule has 0 amide bonds. The van der Waals surface area contributed by atoms with E-state index >= 15 is 0 Å². The van der Waals surface area contributed by atoms with Gasteiger partial charge in [0.1, 0.15) is 0 Å². The molecule has 0 N–H and O–H groups in total. The van der Waals surface area contributed by atoms with Crippen LogP contribution in [0.2, 0.25) is 10.0 Å². The topological polar surface area (TPSA) is 17.1 Å². The first-order valence-electron chi connectivity index (χ1n) is 5.25. The summed E-state index contributed by atoms with van der Waals surface area (Å²) in [5, 5.41) is 0.765. The van der Waals surface area contributed by atoms with Crippen LogP contribution in [-0.2, 0) is 0 Å². The van der Waals surface area contributed by atoms with E-state index in [-0.39, 0.29) is 5.78 Å². The lowest BCUT2D eigenvalue weighted by molar-refractivity contribution is 0.103. The average molecular weight is 344 g/mol. The largest absolute Gasteiger partial charge is 0.288 e. The number of aryl methyl sites for hydroxylation is 1. The highest BCUT2D eigenvalue weighted by atomic mass is 79.9. The molecule has 0 fully saturated rings. The summed E-state index contributed by atoms with van der Waals surface area (Å²) in [5.41, 5.74) is 1.84. The second-order valence-corrected chi connectivity index (χ2v) is 5.67. The van der Waals surface area contributed by atoms with Gasteiger partial charge in [-0.05, 0) is 48.9 Å². The monoisotopic (exact) mass is 342 g/mol. The normalized spacial score (nSPS) is 10.4. The van der Waals surface area contributed by atoms with E-state index in [0.29, 0.717) is 21.2 Å². The van der Waals surface area contributed by atoms with Gasteiger partial charge in [0.25, 0.3) is 0 Å². The predicted molar refractivity (Wildman–Crippen MR) is 78.8 cm³/mol. The Morgan fingerprint density at radius 1 is 1.06 bits per heavy atom. The third-order valence-electron chi connectivity index (χ3n) is 2.52. The molecule has 0 unspecified atom stereocenters. The standard InChI is InChI=1S/C14H9BrCl2O/c1-8-6-11(16)13(12(17)7-8)14(18)9-2-4-10(15)5-3-9/h2-7H,1H3. The minimum absolute atomic E-state index is 0.169. The maximum Gasteiger partial charge on any atom is 0.196 e. The van der Waals surface area contributed by atoms with Crippen molar-refractivity contribution in [1.29, 1.82) is 0 Å². The van der Waals surface area contributed by atoms with Crippen LogP contribution < -0.4 is 0 Å². The maximum atomic E-state index is 12.3. The van der Waals surface area contributed by atoms with Crippen molar-refractivity contribution in [3.63, 3.8) is 0 Å².